The highest BCUT2D eigenvalue weighted by molar-refractivity contribution is 9.10. The molecule has 0 aliphatic carbocycles. The zero-order chi connectivity index (χ0) is 13.7. The van der Waals surface area contributed by atoms with Crippen LogP contribution in [0.2, 0.25) is 0 Å². The fraction of sp³-hybridized carbons (Fsp3) is 0.533. The summed E-state index contributed by atoms with van der Waals surface area (Å²) < 4.78 is 0.952. The molecule has 2 rings (SSSR count). The predicted octanol–water partition coefficient (Wildman–Crippen LogP) is 3.61. The molecule has 19 heavy (non-hydrogen) atoms. The number of halogens is 1. The molecule has 1 aliphatic rings. The van der Waals surface area contributed by atoms with Crippen molar-refractivity contribution in [1.29, 1.82) is 5.26 Å². The van der Waals surface area contributed by atoms with Gasteiger partial charge in [-0.2, -0.15) is 5.26 Å². The minimum absolute atomic E-state index is 0.477. The summed E-state index contributed by atoms with van der Waals surface area (Å²) in [5.74, 6) is 0. The van der Waals surface area contributed by atoms with E-state index in [-0.39, 0.29) is 0 Å². The molecule has 0 saturated carbocycles. The van der Waals surface area contributed by atoms with Crippen molar-refractivity contribution in [3.63, 3.8) is 0 Å². The third-order valence-corrected chi connectivity index (χ3v) is 4.22. The van der Waals surface area contributed by atoms with Gasteiger partial charge in [0.05, 0.1) is 11.3 Å². The van der Waals surface area contributed by atoms with E-state index in [2.05, 4.69) is 39.1 Å². The maximum Gasteiger partial charge on any atom is 0.101 e. The van der Waals surface area contributed by atoms with Crippen LogP contribution >= 0.6 is 15.9 Å². The number of rotatable bonds is 3. The van der Waals surface area contributed by atoms with Gasteiger partial charge in [-0.3, -0.25) is 0 Å². The lowest BCUT2D eigenvalue weighted by Gasteiger charge is -2.20. The van der Waals surface area contributed by atoms with Crippen molar-refractivity contribution in [3.05, 3.63) is 28.2 Å². The molecule has 1 heterocycles. The van der Waals surface area contributed by atoms with E-state index < -0.39 is 0 Å². The van der Waals surface area contributed by atoms with Crippen LogP contribution in [-0.2, 0) is 0 Å². The van der Waals surface area contributed by atoms with Crippen molar-refractivity contribution in [1.82, 2.24) is 4.90 Å². The average molecular weight is 322 g/mol. The number of hydrogen-bond acceptors (Lipinski definition) is 3. The first-order valence-electron chi connectivity index (χ1n) is 6.91. The van der Waals surface area contributed by atoms with Crippen LogP contribution in [0.5, 0.6) is 0 Å². The normalized spacial score (nSPS) is 20.6. The highest BCUT2D eigenvalue weighted by atomic mass is 79.9. The van der Waals surface area contributed by atoms with Gasteiger partial charge in [-0.25, -0.2) is 0 Å². The standard InChI is InChI=1S/C15H20BrN3/c1-2-19-8-3-4-14(7-9-19)18-15-6-5-13(16)10-12(15)11-17/h5-6,10,14,18H,2-4,7-9H2,1H3. The first-order chi connectivity index (χ1) is 9.22. The van der Waals surface area contributed by atoms with Crippen molar-refractivity contribution in [2.24, 2.45) is 0 Å². The molecule has 0 spiro atoms. The van der Waals surface area contributed by atoms with E-state index in [1.54, 1.807) is 0 Å². The Morgan fingerprint density at radius 1 is 1.42 bits per heavy atom. The number of benzene rings is 1. The van der Waals surface area contributed by atoms with E-state index >= 15 is 0 Å². The summed E-state index contributed by atoms with van der Waals surface area (Å²) in [6.07, 6.45) is 3.55. The molecule has 1 aromatic rings. The summed E-state index contributed by atoms with van der Waals surface area (Å²) in [4.78, 5) is 2.49. The zero-order valence-electron chi connectivity index (χ0n) is 11.3. The summed E-state index contributed by atoms with van der Waals surface area (Å²) in [5.41, 5.74) is 1.67. The second-order valence-corrected chi connectivity index (χ2v) is 5.92. The van der Waals surface area contributed by atoms with Crippen LogP contribution in [0.4, 0.5) is 5.69 Å². The number of anilines is 1. The largest absolute Gasteiger partial charge is 0.381 e. The summed E-state index contributed by atoms with van der Waals surface area (Å²) in [6, 6.07) is 8.58. The van der Waals surface area contributed by atoms with Gasteiger partial charge in [0.1, 0.15) is 6.07 Å². The molecule has 1 atom stereocenters. The Balaban J connectivity index is 2.03. The van der Waals surface area contributed by atoms with Crippen LogP contribution < -0.4 is 5.32 Å². The van der Waals surface area contributed by atoms with Gasteiger partial charge in [0, 0.05) is 17.1 Å². The Morgan fingerprint density at radius 2 is 2.26 bits per heavy atom. The van der Waals surface area contributed by atoms with Gasteiger partial charge >= 0.3 is 0 Å². The molecule has 1 aliphatic heterocycles. The van der Waals surface area contributed by atoms with E-state index in [4.69, 9.17) is 0 Å². The molecule has 0 bridgehead atoms. The third-order valence-electron chi connectivity index (χ3n) is 3.73. The fourth-order valence-electron chi connectivity index (χ4n) is 2.57. The lowest BCUT2D eigenvalue weighted by Crippen LogP contribution is -2.26. The molecule has 3 nitrogen and oxygen atoms in total. The van der Waals surface area contributed by atoms with Crippen LogP contribution in [0.25, 0.3) is 0 Å². The van der Waals surface area contributed by atoms with Gasteiger partial charge in [0.25, 0.3) is 0 Å². The number of nitrogens with one attached hydrogen (secondary N) is 1. The smallest absolute Gasteiger partial charge is 0.101 e. The Hall–Kier alpha value is -1.05. The highest BCUT2D eigenvalue weighted by Crippen LogP contribution is 2.23. The summed E-state index contributed by atoms with van der Waals surface area (Å²) >= 11 is 3.41. The topological polar surface area (TPSA) is 39.1 Å². The van der Waals surface area contributed by atoms with Crippen LogP contribution in [0.15, 0.2) is 22.7 Å². The Bertz CT molecular complexity index is 467. The maximum atomic E-state index is 9.19. The molecule has 1 aromatic carbocycles. The molecule has 1 saturated heterocycles. The Labute approximate surface area is 123 Å². The van der Waals surface area contributed by atoms with E-state index in [1.165, 1.54) is 19.4 Å². The number of likely N-dealkylation sites (tertiary alicyclic amines) is 1. The van der Waals surface area contributed by atoms with Crippen molar-refractivity contribution in [2.45, 2.75) is 32.2 Å². The lowest BCUT2D eigenvalue weighted by molar-refractivity contribution is 0.300. The third kappa shape index (κ3) is 3.95. The molecule has 102 valence electrons. The van der Waals surface area contributed by atoms with Crippen molar-refractivity contribution in [2.75, 3.05) is 25.0 Å². The van der Waals surface area contributed by atoms with Crippen LogP contribution in [0.1, 0.15) is 31.7 Å². The molecular weight excluding hydrogens is 302 g/mol. The van der Waals surface area contributed by atoms with E-state index in [0.717, 1.165) is 29.7 Å². The van der Waals surface area contributed by atoms with Gasteiger partial charge < -0.3 is 10.2 Å². The molecule has 0 radical (unpaired) electrons. The minimum Gasteiger partial charge on any atom is -0.381 e. The van der Waals surface area contributed by atoms with E-state index in [1.807, 2.05) is 18.2 Å². The Morgan fingerprint density at radius 3 is 3.00 bits per heavy atom. The number of nitrogens with zero attached hydrogens (tertiary/aromatic N) is 2. The molecule has 0 amide bonds. The number of nitriles is 1. The monoisotopic (exact) mass is 321 g/mol. The summed E-state index contributed by atoms with van der Waals surface area (Å²) in [6.45, 7) is 5.69. The predicted molar refractivity (Wildman–Crippen MR) is 82.2 cm³/mol. The second kappa shape index (κ2) is 6.93. The summed E-state index contributed by atoms with van der Waals surface area (Å²) in [7, 11) is 0. The van der Waals surface area contributed by atoms with Crippen LogP contribution in [0, 0.1) is 11.3 Å². The maximum absolute atomic E-state index is 9.19. The molecule has 1 N–H and O–H groups in total. The van der Waals surface area contributed by atoms with Gasteiger partial charge in [-0.05, 0) is 50.6 Å². The molecule has 4 heteroatoms. The van der Waals surface area contributed by atoms with Gasteiger partial charge in [-0.15, -0.1) is 0 Å². The number of hydrogen-bond donors (Lipinski definition) is 1. The first-order valence-corrected chi connectivity index (χ1v) is 7.70. The molecule has 1 fully saturated rings. The zero-order valence-corrected chi connectivity index (χ0v) is 12.9. The van der Waals surface area contributed by atoms with Crippen molar-refractivity contribution in [3.8, 4) is 6.07 Å². The molecule has 1 unspecified atom stereocenters. The highest BCUT2D eigenvalue weighted by Gasteiger charge is 2.16. The van der Waals surface area contributed by atoms with E-state index in [9.17, 15) is 5.26 Å². The van der Waals surface area contributed by atoms with Crippen LogP contribution in [0.3, 0.4) is 0 Å². The van der Waals surface area contributed by atoms with Gasteiger partial charge in [-0.1, -0.05) is 22.9 Å². The summed E-state index contributed by atoms with van der Waals surface area (Å²) in [5, 5.41) is 12.7. The molecule has 0 aromatic heterocycles. The first kappa shape index (κ1) is 14.4. The van der Waals surface area contributed by atoms with Gasteiger partial charge in [0.2, 0.25) is 0 Å². The second-order valence-electron chi connectivity index (χ2n) is 5.01. The minimum atomic E-state index is 0.477. The van der Waals surface area contributed by atoms with Crippen molar-refractivity contribution < 1.29 is 0 Å². The Kier molecular flexibility index (Phi) is 5.24. The fourth-order valence-corrected chi connectivity index (χ4v) is 2.93. The van der Waals surface area contributed by atoms with E-state index in [0.29, 0.717) is 11.6 Å². The quantitative estimate of drug-likeness (QED) is 0.924. The average Bonchev–Trinajstić information content (AvgIpc) is 2.66. The van der Waals surface area contributed by atoms with Crippen molar-refractivity contribution >= 4 is 21.6 Å². The SMILES string of the molecule is CCN1CCCC(Nc2ccc(Br)cc2C#N)CC1. The van der Waals surface area contributed by atoms with Crippen LogP contribution in [-0.4, -0.2) is 30.6 Å². The van der Waals surface area contributed by atoms with Gasteiger partial charge in [0.15, 0.2) is 0 Å². The lowest BCUT2D eigenvalue weighted by atomic mass is 10.1. The molecular formula is C15H20BrN3.